The van der Waals surface area contributed by atoms with E-state index in [2.05, 4.69) is 26.0 Å². The third-order valence-electron chi connectivity index (χ3n) is 1.27. The van der Waals surface area contributed by atoms with E-state index in [1.165, 1.54) is 0 Å². The maximum absolute atomic E-state index is 4.84. The second-order valence-electron chi connectivity index (χ2n) is 1.93. The predicted molar refractivity (Wildman–Crippen MR) is 39.4 cm³/mol. The number of nitrogens with zero attached hydrogens (tertiary/aromatic N) is 2. The summed E-state index contributed by atoms with van der Waals surface area (Å²) in [7, 11) is 0. The van der Waals surface area contributed by atoms with E-state index < -0.39 is 0 Å². The molecule has 0 aliphatic carbocycles. The van der Waals surface area contributed by atoms with Crippen LogP contribution in [-0.4, -0.2) is 20.5 Å². The zero-order valence-electron chi connectivity index (χ0n) is 5.01. The molecular formula is C4H5N5S. The van der Waals surface area contributed by atoms with E-state index in [-0.39, 0.29) is 0 Å². The van der Waals surface area contributed by atoms with E-state index in [0.717, 1.165) is 11.5 Å². The van der Waals surface area contributed by atoms with Gasteiger partial charge in [0, 0.05) is 0 Å². The molecule has 2 rings (SSSR count). The van der Waals surface area contributed by atoms with Crippen molar-refractivity contribution in [2.45, 2.75) is 6.54 Å². The van der Waals surface area contributed by atoms with Crippen LogP contribution in [-0.2, 0) is 6.54 Å². The number of rotatable bonds is 0. The van der Waals surface area contributed by atoms with Gasteiger partial charge in [-0.1, -0.05) is 0 Å². The van der Waals surface area contributed by atoms with Crippen LogP contribution >= 0.6 is 12.2 Å². The topological polar surface area (TPSA) is 65.6 Å². The average Bonchev–Trinajstić information content (AvgIpc) is 2.33. The maximum Gasteiger partial charge on any atom is 0.179 e. The van der Waals surface area contributed by atoms with Gasteiger partial charge in [-0.05, 0) is 12.2 Å². The smallest absolute Gasteiger partial charge is 0.179 e. The van der Waals surface area contributed by atoms with E-state index >= 15 is 0 Å². The molecule has 1 aliphatic rings. The van der Waals surface area contributed by atoms with Gasteiger partial charge in [0.2, 0.25) is 0 Å². The number of fused-ring (bicyclic) bond motifs is 1. The van der Waals surface area contributed by atoms with Crippen LogP contribution in [0.4, 0.5) is 5.82 Å². The average molecular weight is 155 g/mol. The Morgan fingerprint density at radius 3 is 3.20 bits per heavy atom. The quantitative estimate of drug-likeness (QED) is 0.445. The molecule has 3 N–H and O–H groups in total. The molecule has 0 aromatic carbocycles. The number of aromatic amines is 1. The molecule has 0 spiro atoms. The summed E-state index contributed by atoms with van der Waals surface area (Å²) in [6.45, 7) is 0.650. The molecule has 0 unspecified atom stereocenters. The minimum Gasteiger partial charge on any atom is -0.357 e. The Morgan fingerprint density at radius 1 is 1.40 bits per heavy atom. The minimum absolute atomic E-state index is 0.599. The largest absolute Gasteiger partial charge is 0.357 e. The van der Waals surface area contributed by atoms with Crippen LogP contribution in [0.5, 0.6) is 0 Å². The summed E-state index contributed by atoms with van der Waals surface area (Å²) >= 11 is 4.84. The zero-order chi connectivity index (χ0) is 6.97. The minimum atomic E-state index is 0.599. The van der Waals surface area contributed by atoms with Gasteiger partial charge >= 0.3 is 0 Å². The van der Waals surface area contributed by atoms with Crippen molar-refractivity contribution >= 4 is 23.1 Å². The molecule has 0 saturated heterocycles. The molecule has 2 heterocycles. The predicted octanol–water partition coefficient (Wildman–Crippen LogP) is -0.395. The van der Waals surface area contributed by atoms with Gasteiger partial charge in [0.05, 0.1) is 6.54 Å². The second-order valence-corrected chi connectivity index (χ2v) is 2.33. The lowest BCUT2D eigenvalue weighted by Gasteiger charge is -2.13. The SMILES string of the molecule is S=C1NCc2n[nH]nc2N1. The molecule has 5 nitrogen and oxygen atoms in total. The molecule has 0 amide bonds. The van der Waals surface area contributed by atoms with E-state index in [0.29, 0.717) is 11.7 Å². The van der Waals surface area contributed by atoms with Gasteiger partial charge in [-0.15, -0.1) is 5.10 Å². The monoisotopic (exact) mass is 155 g/mol. The summed E-state index contributed by atoms with van der Waals surface area (Å²) < 4.78 is 0. The number of anilines is 1. The number of H-pyrrole nitrogens is 1. The van der Waals surface area contributed by atoms with Crippen LogP contribution in [0, 0.1) is 0 Å². The highest BCUT2D eigenvalue weighted by atomic mass is 32.1. The van der Waals surface area contributed by atoms with Crippen LogP contribution in [0.25, 0.3) is 0 Å². The van der Waals surface area contributed by atoms with Crippen LogP contribution in [0.1, 0.15) is 5.69 Å². The van der Waals surface area contributed by atoms with Crippen LogP contribution < -0.4 is 10.6 Å². The van der Waals surface area contributed by atoms with Gasteiger partial charge in [0.1, 0.15) is 5.69 Å². The lowest BCUT2D eigenvalue weighted by Crippen LogP contribution is -2.33. The number of aromatic nitrogens is 3. The molecule has 0 saturated carbocycles. The third kappa shape index (κ3) is 0.730. The number of thiocarbonyl (C=S) groups is 1. The lowest BCUT2D eigenvalue weighted by molar-refractivity contribution is 0.846. The van der Waals surface area contributed by atoms with Crippen molar-refractivity contribution in [2.24, 2.45) is 0 Å². The van der Waals surface area contributed by atoms with E-state index in [1.807, 2.05) is 0 Å². The molecule has 1 aromatic rings. The fourth-order valence-electron chi connectivity index (χ4n) is 0.792. The molecule has 1 aliphatic heterocycles. The third-order valence-corrected chi connectivity index (χ3v) is 1.51. The summed E-state index contributed by atoms with van der Waals surface area (Å²) in [5.41, 5.74) is 0.869. The Labute approximate surface area is 62.2 Å². The van der Waals surface area contributed by atoms with Crippen molar-refractivity contribution < 1.29 is 0 Å². The highest BCUT2D eigenvalue weighted by molar-refractivity contribution is 7.80. The molecule has 0 fully saturated rings. The summed E-state index contributed by atoms with van der Waals surface area (Å²) in [6.07, 6.45) is 0. The summed E-state index contributed by atoms with van der Waals surface area (Å²) in [5, 5.41) is 16.6. The molecule has 1 aromatic heterocycles. The summed E-state index contributed by atoms with van der Waals surface area (Å²) in [6, 6.07) is 0. The number of hydrogen-bond acceptors (Lipinski definition) is 3. The Bertz CT molecular complexity index is 266. The van der Waals surface area contributed by atoms with E-state index in [1.54, 1.807) is 0 Å². The van der Waals surface area contributed by atoms with E-state index in [9.17, 15) is 0 Å². The van der Waals surface area contributed by atoms with Crippen molar-refractivity contribution in [3.63, 3.8) is 0 Å². The van der Waals surface area contributed by atoms with Crippen molar-refractivity contribution in [3.05, 3.63) is 5.69 Å². The van der Waals surface area contributed by atoms with Crippen molar-refractivity contribution in [1.29, 1.82) is 0 Å². The Balaban J connectivity index is 2.39. The van der Waals surface area contributed by atoms with E-state index in [4.69, 9.17) is 12.2 Å². The summed E-state index contributed by atoms with van der Waals surface area (Å²) in [5.74, 6) is 0.726. The van der Waals surface area contributed by atoms with Gasteiger partial charge < -0.3 is 10.6 Å². The highest BCUT2D eigenvalue weighted by Gasteiger charge is 2.13. The normalized spacial score (nSPS) is 15.4. The number of hydrogen-bond donors (Lipinski definition) is 3. The first-order chi connectivity index (χ1) is 4.86. The first kappa shape index (κ1) is 5.60. The Morgan fingerprint density at radius 2 is 2.30 bits per heavy atom. The van der Waals surface area contributed by atoms with Crippen LogP contribution in [0.15, 0.2) is 0 Å². The number of nitrogens with one attached hydrogen (secondary N) is 3. The zero-order valence-corrected chi connectivity index (χ0v) is 5.83. The second kappa shape index (κ2) is 1.91. The fraction of sp³-hybridized carbons (Fsp3) is 0.250. The van der Waals surface area contributed by atoms with Gasteiger partial charge in [-0.3, -0.25) is 0 Å². The van der Waals surface area contributed by atoms with Gasteiger partial charge in [-0.2, -0.15) is 10.3 Å². The van der Waals surface area contributed by atoms with Gasteiger partial charge in [0.15, 0.2) is 10.9 Å². The Hall–Kier alpha value is -1.17. The molecule has 0 atom stereocenters. The van der Waals surface area contributed by atoms with Gasteiger partial charge in [0.25, 0.3) is 0 Å². The fourth-order valence-corrected chi connectivity index (χ4v) is 0.961. The molecule has 6 heteroatoms. The van der Waals surface area contributed by atoms with Crippen LogP contribution in [0.3, 0.4) is 0 Å². The first-order valence-electron chi connectivity index (χ1n) is 2.81. The summed E-state index contributed by atoms with van der Waals surface area (Å²) in [4.78, 5) is 0. The molecule has 0 bridgehead atoms. The molecule has 0 radical (unpaired) electrons. The molecular weight excluding hydrogens is 150 g/mol. The Kier molecular flexibility index (Phi) is 1.07. The lowest BCUT2D eigenvalue weighted by atomic mass is 10.4. The van der Waals surface area contributed by atoms with Crippen molar-refractivity contribution in [1.82, 2.24) is 20.7 Å². The molecule has 10 heavy (non-hydrogen) atoms. The van der Waals surface area contributed by atoms with Crippen LogP contribution in [0.2, 0.25) is 0 Å². The maximum atomic E-state index is 4.84. The van der Waals surface area contributed by atoms with Crippen molar-refractivity contribution in [2.75, 3.05) is 5.32 Å². The van der Waals surface area contributed by atoms with Gasteiger partial charge in [-0.25, -0.2) is 0 Å². The van der Waals surface area contributed by atoms with Crippen molar-refractivity contribution in [3.8, 4) is 0 Å². The highest BCUT2D eigenvalue weighted by Crippen LogP contribution is 2.10. The first-order valence-corrected chi connectivity index (χ1v) is 3.21. The molecule has 52 valence electrons. The standard InChI is InChI=1S/C4H5N5S/c10-4-5-1-2-3(6-4)8-9-7-2/h1H2,(H3,5,6,7,8,9,10).